The summed E-state index contributed by atoms with van der Waals surface area (Å²) in [5.41, 5.74) is -0.141. The van der Waals surface area contributed by atoms with Gasteiger partial charge in [0.05, 0.1) is 54.9 Å². The largest absolute Gasteiger partial charge is 1.00 e. The van der Waals surface area contributed by atoms with E-state index in [2.05, 4.69) is 41.5 Å². The summed E-state index contributed by atoms with van der Waals surface area (Å²) in [6, 6.07) is 0. The summed E-state index contributed by atoms with van der Waals surface area (Å²) in [6.45, 7) is 21.4. The Bertz CT molecular complexity index is 1550. The number of ketones is 1. The first-order chi connectivity index (χ1) is 28.1. The molecule has 6 aliphatic rings. The van der Waals surface area contributed by atoms with Crippen LogP contribution in [0.2, 0.25) is 0 Å². The summed E-state index contributed by atoms with van der Waals surface area (Å²) in [5, 5.41) is 32.7. The number of aliphatic carboxylic acids is 1. The second kappa shape index (κ2) is 20.0. The molecule has 0 aromatic rings. The van der Waals surface area contributed by atoms with Crippen LogP contribution in [0.4, 0.5) is 0 Å². The van der Waals surface area contributed by atoms with Gasteiger partial charge in [0.1, 0.15) is 0 Å². The van der Waals surface area contributed by atoms with Gasteiger partial charge in [0.2, 0.25) is 0 Å². The van der Waals surface area contributed by atoms with Crippen molar-refractivity contribution in [3.63, 3.8) is 0 Å². The van der Waals surface area contributed by atoms with E-state index in [1.54, 1.807) is 27.9 Å². The van der Waals surface area contributed by atoms with E-state index in [9.17, 15) is 24.9 Å². The molecule has 6 fully saturated rings. The first-order valence-electron chi connectivity index (χ1n) is 23.1. The average molecular weight is 958 g/mol. The van der Waals surface area contributed by atoms with Gasteiger partial charge in [-0.05, 0) is 83.1 Å². The van der Waals surface area contributed by atoms with Gasteiger partial charge < -0.3 is 58.0 Å². The Morgan fingerprint density at radius 2 is 1.57 bits per heavy atom. The molecule has 6 aliphatic heterocycles. The fourth-order valence-electron chi connectivity index (χ4n) is 11.7. The van der Waals surface area contributed by atoms with Crippen LogP contribution in [0.5, 0.6) is 0 Å². The van der Waals surface area contributed by atoms with Gasteiger partial charge in [0.15, 0.2) is 29.4 Å². The number of rotatable bonds is 13. The van der Waals surface area contributed by atoms with Crippen molar-refractivity contribution < 1.29 is 85.2 Å². The second-order valence-corrected chi connectivity index (χ2v) is 20.4. The van der Waals surface area contributed by atoms with Crippen molar-refractivity contribution in [3.05, 3.63) is 11.6 Å². The van der Waals surface area contributed by atoms with E-state index in [4.69, 9.17) is 37.9 Å². The Hall–Kier alpha value is -0.780. The van der Waals surface area contributed by atoms with Crippen molar-refractivity contribution in [2.45, 2.75) is 212 Å². The second-order valence-electron chi connectivity index (χ2n) is 20.4. The van der Waals surface area contributed by atoms with E-state index in [0.29, 0.717) is 44.1 Å². The van der Waals surface area contributed by atoms with Gasteiger partial charge in [-0.2, -0.15) is 0 Å². The molecular formula is C47H77AgO13. The number of hydrogen-bond donors (Lipinski definition) is 2. The van der Waals surface area contributed by atoms with E-state index in [-0.39, 0.29) is 113 Å². The van der Waals surface area contributed by atoms with Gasteiger partial charge in [-0.3, -0.25) is 4.79 Å². The summed E-state index contributed by atoms with van der Waals surface area (Å²) in [6.07, 6.45) is 6.53. The number of ether oxygens (including phenoxy) is 8. The normalized spacial score (nSPS) is 47.2. The SMILES string of the molecule is COC1CCC(OC2CC(C(C)C=C(C)C(=O)C(C)CC(C)C(=O)[O-])OC3(CCC(C)(C4CCC(C)C5(OC(C6OC(O)(CO)C(C)CC6C)CC5C)O4)O3)C2C)OC1C.[Ag+]. The molecule has 0 saturated carbocycles. The summed E-state index contributed by atoms with van der Waals surface area (Å²) in [4.78, 5) is 24.9. The van der Waals surface area contributed by atoms with E-state index in [1.807, 2.05) is 19.9 Å². The molecule has 61 heavy (non-hydrogen) atoms. The quantitative estimate of drug-likeness (QED) is 0.167. The molecule has 0 amide bonds. The molecule has 0 aromatic carbocycles. The van der Waals surface area contributed by atoms with Crippen molar-refractivity contribution >= 4 is 11.8 Å². The minimum absolute atomic E-state index is 0. The Kier molecular flexibility index (Phi) is 16.8. The number of methoxy groups -OCH3 is 1. The first kappa shape index (κ1) is 51.2. The summed E-state index contributed by atoms with van der Waals surface area (Å²) in [5.74, 6) is -6.20. The zero-order chi connectivity index (χ0) is 44.1. The molecule has 2 N–H and O–H groups in total. The average Bonchev–Trinajstić information content (AvgIpc) is 3.72. The van der Waals surface area contributed by atoms with Crippen LogP contribution in [0, 0.1) is 47.3 Å². The monoisotopic (exact) mass is 956 g/mol. The third-order valence-corrected chi connectivity index (χ3v) is 15.8. The van der Waals surface area contributed by atoms with Crippen LogP contribution in [0.25, 0.3) is 0 Å². The standard InChI is InChI=1S/C47H78O13.Ag/c1-25(19-26(2)41(49)27(3)20-29(5)43(50)51)36-23-37(55-40-16-14-35(53-12)34(10)54-40)33(9)46(56-36)18-17-44(11,60-46)39-15-13-30(6)47(58-39)32(8)22-38(57-47)42-28(4)21-31(7)45(52,24-48)59-42;/h19,25,27-40,42,48,52H,13-18,20-24H2,1-12H3,(H,50,51);/q;+1/p-1. The number of hydrogen-bond acceptors (Lipinski definition) is 13. The van der Waals surface area contributed by atoms with Gasteiger partial charge in [-0.15, -0.1) is 0 Å². The van der Waals surface area contributed by atoms with Crippen molar-refractivity contribution in [1.29, 1.82) is 0 Å². The molecule has 0 aromatic heterocycles. The zero-order valence-corrected chi connectivity index (χ0v) is 40.3. The Morgan fingerprint density at radius 3 is 2.21 bits per heavy atom. The van der Waals surface area contributed by atoms with Crippen LogP contribution in [0.3, 0.4) is 0 Å². The number of carboxylic acids is 1. The number of carbonyl (C=O) groups excluding carboxylic acids is 2. The fourth-order valence-corrected chi connectivity index (χ4v) is 11.7. The van der Waals surface area contributed by atoms with Crippen molar-refractivity contribution in [1.82, 2.24) is 0 Å². The minimum atomic E-state index is -1.61. The number of allylic oxidation sites excluding steroid dienone is 1. The van der Waals surface area contributed by atoms with Crippen LogP contribution in [-0.2, 0) is 69.9 Å². The Balaban J connectivity index is 0.00000704. The van der Waals surface area contributed by atoms with Crippen LogP contribution in [0.15, 0.2) is 11.6 Å². The minimum Gasteiger partial charge on any atom is -0.550 e. The van der Waals surface area contributed by atoms with Gasteiger partial charge in [0, 0.05) is 67.8 Å². The summed E-state index contributed by atoms with van der Waals surface area (Å²) in [7, 11) is 1.71. The molecule has 6 saturated heterocycles. The molecule has 20 atom stereocenters. The van der Waals surface area contributed by atoms with Gasteiger partial charge in [-0.25, -0.2) is 0 Å². The molecule has 0 radical (unpaired) electrons. The maximum Gasteiger partial charge on any atom is 1.00 e. The topological polar surface area (TPSA) is 171 Å². The van der Waals surface area contributed by atoms with Crippen LogP contribution >= 0.6 is 0 Å². The van der Waals surface area contributed by atoms with Gasteiger partial charge in [0.25, 0.3) is 0 Å². The van der Waals surface area contributed by atoms with Crippen LogP contribution in [-0.4, -0.2) is 108 Å². The van der Waals surface area contributed by atoms with Gasteiger partial charge >= 0.3 is 22.4 Å². The maximum atomic E-state index is 13.5. The van der Waals surface area contributed by atoms with E-state index in [1.165, 1.54) is 0 Å². The third kappa shape index (κ3) is 10.3. The number of carboxylic acid groups (broad SMARTS) is 1. The van der Waals surface area contributed by atoms with Crippen LogP contribution < -0.4 is 5.11 Å². The number of Topliss-reactive ketones (excluding diaryl/α,β-unsaturated/α-hetero) is 1. The number of aliphatic hydroxyl groups excluding tert-OH is 1. The number of carbonyl (C=O) groups is 2. The Labute approximate surface area is 380 Å². The third-order valence-electron chi connectivity index (χ3n) is 15.8. The molecule has 20 unspecified atom stereocenters. The summed E-state index contributed by atoms with van der Waals surface area (Å²) >= 11 is 0. The van der Waals surface area contributed by atoms with E-state index < -0.39 is 53.7 Å². The maximum absolute atomic E-state index is 13.5. The molecule has 354 valence electrons. The zero-order valence-electron chi connectivity index (χ0n) is 38.8. The van der Waals surface area contributed by atoms with Gasteiger partial charge in [-0.1, -0.05) is 61.5 Å². The van der Waals surface area contributed by atoms with Crippen molar-refractivity contribution in [3.8, 4) is 0 Å². The molecule has 14 heteroatoms. The number of aliphatic hydroxyl groups is 2. The molecule has 6 rings (SSSR count). The predicted molar refractivity (Wildman–Crippen MR) is 220 cm³/mol. The summed E-state index contributed by atoms with van der Waals surface area (Å²) < 4.78 is 53.9. The molecule has 0 bridgehead atoms. The van der Waals surface area contributed by atoms with Crippen molar-refractivity contribution in [2.75, 3.05) is 13.7 Å². The molecule has 13 nitrogen and oxygen atoms in total. The first-order valence-corrected chi connectivity index (χ1v) is 23.1. The molecule has 0 aliphatic carbocycles. The predicted octanol–water partition coefficient (Wildman–Crippen LogP) is 5.84. The van der Waals surface area contributed by atoms with Crippen molar-refractivity contribution in [2.24, 2.45) is 47.3 Å². The van der Waals surface area contributed by atoms with E-state index in [0.717, 1.165) is 19.3 Å². The fraction of sp³-hybridized carbons (Fsp3) is 0.915. The van der Waals surface area contributed by atoms with Crippen LogP contribution in [0.1, 0.15) is 140 Å². The molecule has 2 spiro atoms. The van der Waals surface area contributed by atoms with E-state index >= 15 is 0 Å². The molecule has 6 heterocycles. The Morgan fingerprint density at radius 1 is 0.869 bits per heavy atom. The smallest absolute Gasteiger partial charge is 0.550 e. The molecular weight excluding hydrogens is 880 g/mol.